The van der Waals surface area contributed by atoms with E-state index < -0.39 is 23.0 Å². The normalized spacial score (nSPS) is 28.5. The number of anilines is 2. The maximum absolute atomic E-state index is 13.9. The standard InChI is InChI=1S/C27H25N5O4/c1-15-13-20(31-25(29)30-15)35-12-11-27-10-9-26(2,36-27)21-22(27)24(34)32(23(21)33)19-8-7-16(14-28)17-5-3-4-6-18(17)19/h3-8,13,21-22H,9-12H2,1-2H3,(H2,29,30,31). The summed E-state index contributed by atoms with van der Waals surface area (Å²) < 4.78 is 12.4. The van der Waals surface area contributed by atoms with Crippen molar-refractivity contribution in [2.24, 2.45) is 11.8 Å². The number of carbonyl (C=O) groups excluding carboxylic acids is 2. The van der Waals surface area contributed by atoms with Crippen LogP contribution in [0.1, 0.15) is 37.4 Å². The van der Waals surface area contributed by atoms with Crippen LogP contribution < -0.4 is 15.4 Å². The average molecular weight is 484 g/mol. The van der Waals surface area contributed by atoms with Gasteiger partial charge in [-0.1, -0.05) is 24.3 Å². The van der Waals surface area contributed by atoms with Crippen molar-refractivity contribution in [3.05, 3.63) is 53.7 Å². The molecule has 2 aromatic carbocycles. The molecular formula is C27H25N5O4. The van der Waals surface area contributed by atoms with Gasteiger partial charge in [0.15, 0.2) is 0 Å². The van der Waals surface area contributed by atoms with Crippen LogP contribution in [0.4, 0.5) is 11.6 Å². The molecule has 2 amide bonds. The summed E-state index contributed by atoms with van der Waals surface area (Å²) in [4.78, 5) is 37.2. The largest absolute Gasteiger partial charge is 0.477 e. The Balaban J connectivity index is 1.33. The zero-order valence-corrected chi connectivity index (χ0v) is 20.0. The fourth-order valence-corrected chi connectivity index (χ4v) is 6.39. The van der Waals surface area contributed by atoms with Gasteiger partial charge in [0.25, 0.3) is 0 Å². The monoisotopic (exact) mass is 483 g/mol. The number of benzene rings is 2. The second kappa shape index (κ2) is 7.73. The van der Waals surface area contributed by atoms with Crippen LogP contribution in [0.3, 0.4) is 0 Å². The predicted octanol–water partition coefficient (Wildman–Crippen LogP) is 3.29. The summed E-state index contributed by atoms with van der Waals surface area (Å²) in [5.74, 6) is -1.17. The van der Waals surface area contributed by atoms with Crippen LogP contribution in [0, 0.1) is 30.1 Å². The SMILES string of the molecule is Cc1cc(OCCC23CCC(C)(O2)C2C(=O)N(c4ccc(C#N)c5ccccc45)C(=O)C23)nc(N)n1. The lowest BCUT2D eigenvalue weighted by atomic mass is 9.67. The lowest BCUT2D eigenvalue weighted by molar-refractivity contribution is -0.131. The number of fused-ring (bicyclic) bond motifs is 6. The molecule has 3 aliphatic rings. The van der Waals surface area contributed by atoms with Crippen LogP contribution in [0.5, 0.6) is 5.88 Å². The van der Waals surface area contributed by atoms with Crippen LogP contribution in [-0.4, -0.2) is 39.6 Å². The molecule has 1 aromatic heterocycles. The molecule has 2 bridgehead atoms. The van der Waals surface area contributed by atoms with E-state index in [1.165, 1.54) is 4.90 Å². The van der Waals surface area contributed by atoms with Crippen LogP contribution in [0.25, 0.3) is 10.8 Å². The number of amides is 2. The molecule has 0 spiro atoms. The van der Waals surface area contributed by atoms with Gasteiger partial charge in [-0.15, -0.1) is 0 Å². The van der Waals surface area contributed by atoms with E-state index in [1.54, 1.807) is 25.1 Å². The predicted molar refractivity (Wildman–Crippen MR) is 131 cm³/mol. The summed E-state index contributed by atoms with van der Waals surface area (Å²) in [6.07, 6.45) is 1.79. The molecule has 3 aromatic rings. The number of carbonyl (C=O) groups is 2. The van der Waals surface area contributed by atoms with Crippen LogP contribution >= 0.6 is 0 Å². The fourth-order valence-electron chi connectivity index (χ4n) is 6.39. The fraction of sp³-hybridized carbons (Fsp3) is 0.370. The third kappa shape index (κ3) is 3.11. The van der Waals surface area contributed by atoms with Crippen LogP contribution in [0.15, 0.2) is 42.5 Å². The maximum Gasteiger partial charge on any atom is 0.240 e. The van der Waals surface area contributed by atoms with E-state index in [2.05, 4.69) is 16.0 Å². The first-order valence-electron chi connectivity index (χ1n) is 12.0. The molecule has 0 radical (unpaired) electrons. The number of hydrogen-bond acceptors (Lipinski definition) is 8. The van der Waals surface area contributed by atoms with E-state index in [4.69, 9.17) is 15.2 Å². The molecule has 9 nitrogen and oxygen atoms in total. The van der Waals surface area contributed by atoms with Crippen molar-refractivity contribution >= 4 is 34.2 Å². The lowest BCUT2D eigenvalue weighted by Gasteiger charge is -2.31. The van der Waals surface area contributed by atoms with Crippen molar-refractivity contribution in [3.63, 3.8) is 0 Å². The van der Waals surface area contributed by atoms with Crippen molar-refractivity contribution in [1.82, 2.24) is 9.97 Å². The smallest absolute Gasteiger partial charge is 0.240 e. The molecular weight excluding hydrogens is 458 g/mol. The number of nitriles is 1. The van der Waals surface area contributed by atoms with Crippen molar-refractivity contribution in [2.75, 3.05) is 17.2 Å². The van der Waals surface area contributed by atoms with Crippen LogP contribution in [-0.2, 0) is 14.3 Å². The third-order valence-corrected chi connectivity index (χ3v) is 7.90. The lowest BCUT2D eigenvalue weighted by Crippen LogP contribution is -2.43. The third-order valence-electron chi connectivity index (χ3n) is 7.90. The van der Waals surface area contributed by atoms with E-state index in [9.17, 15) is 14.9 Å². The summed E-state index contributed by atoms with van der Waals surface area (Å²) >= 11 is 0. The number of ether oxygens (including phenoxy) is 2. The van der Waals surface area contributed by atoms with Crippen molar-refractivity contribution in [2.45, 2.75) is 44.3 Å². The van der Waals surface area contributed by atoms with Gasteiger partial charge in [0.1, 0.15) is 0 Å². The van der Waals surface area contributed by atoms with Gasteiger partial charge in [0, 0.05) is 29.0 Å². The molecule has 9 heteroatoms. The second-order valence-corrected chi connectivity index (χ2v) is 10.0. The number of hydrogen-bond donors (Lipinski definition) is 1. The summed E-state index contributed by atoms with van der Waals surface area (Å²) in [5, 5.41) is 10.9. The number of rotatable bonds is 5. The van der Waals surface area contributed by atoms with Gasteiger partial charge in [-0.3, -0.25) is 9.59 Å². The minimum absolute atomic E-state index is 0.135. The number of aromatic nitrogens is 2. The Hall–Kier alpha value is -4.03. The summed E-state index contributed by atoms with van der Waals surface area (Å²) in [6.45, 7) is 4.00. The van der Waals surface area contributed by atoms with Gasteiger partial charge < -0.3 is 15.2 Å². The summed E-state index contributed by atoms with van der Waals surface area (Å²) in [5.41, 5.74) is 5.92. The molecule has 0 saturated carbocycles. The molecule has 2 N–H and O–H groups in total. The zero-order valence-electron chi connectivity index (χ0n) is 20.0. The van der Waals surface area contributed by atoms with Crippen molar-refractivity contribution in [3.8, 4) is 11.9 Å². The first-order valence-corrected chi connectivity index (χ1v) is 12.0. The van der Waals surface area contributed by atoms with Crippen LogP contribution in [0.2, 0.25) is 0 Å². The molecule has 3 aliphatic heterocycles. The van der Waals surface area contributed by atoms with E-state index in [1.807, 2.05) is 31.2 Å². The minimum Gasteiger partial charge on any atom is -0.477 e. The van der Waals surface area contributed by atoms with Gasteiger partial charge in [-0.25, -0.2) is 9.88 Å². The Labute approximate surface area is 207 Å². The van der Waals surface area contributed by atoms with Crippen molar-refractivity contribution < 1.29 is 19.1 Å². The summed E-state index contributed by atoms with van der Waals surface area (Å²) in [6, 6.07) is 14.6. The van der Waals surface area contributed by atoms with Crippen molar-refractivity contribution in [1.29, 1.82) is 5.26 Å². The zero-order chi connectivity index (χ0) is 25.2. The van der Waals surface area contributed by atoms with Gasteiger partial charge in [-0.05, 0) is 38.8 Å². The van der Waals surface area contributed by atoms with Gasteiger partial charge in [-0.2, -0.15) is 10.2 Å². The van der Waals surface area contributed by atoms with E-state index >= 15 is 0 Å². The maximum atomic E-state index is 13.9. The van der Waals surface area contributed by atoms with Gasteiger partial charge in [0.2, 0.25) is 23.6 Å². The number of aryl methyl sites for hydroxylation is 1. The molecule has 4 heterocycles. The molecule has 36 heavy (non-hydrogen) atoms. The molecule has 4 unspecified atom stereocenters. The molecule has 6 rings (SSSR count). The highest BCUT2D eigenvalue weighted by Gasteiger charge is 2.73. The second-order valence-electron chi connectivity index (χ2n) is 10.0. The Morgan fingerprint density at radius 1 is 1.14 bits per heavy atom. The minimum atomic E-state index is -0.795. The highest BCUT2D eigenvalue weighted by molar-refractivity contribution is 6.26. The molecule has 0 aliphatic carbocycles. The highest BCUT2D eigenvalue weighted by atomic mass is 16.5. The quantitative estimate of drug-likeness (QED) is 0.547. The molecule has 3 saturated heterocycles. The molecule has 4 atom stereocenters. The highest BCUT2D eigenvalue weighted by Crippen LogP contribution is 2.62. The number of nitrogens with two attached hydrogens (primary N) is 1. The Bertz CT molecular complexity index is 1460. The Kier molecular flexibility index (Phi) is 4.82. The van der Waals surface area contributed by atoms with E-state index in [0.29, 0.717) is 52.9 Å². The summed E-state index contributed by atoms with van der Waals surface area (Å²) in [7, 11) is 0. The molecule has 3 fully saturated rings. The topological polar surface area (TPSA) is 131 Å². The Morgan fingerprint density at radius 2 is 1.89 bits per heavy atom. The van der Waals surface area contributed by atoms with E-state index in [-0.39, 0.29) is 24.4 Å². The number of nitrogens with zero attached hydrogens (tertiary/aromatic N) is 4. The van der Waals surface area contributed by atoms with E-state index in [0.717, 1.165) is 0 Å². The van der Waals surface area contributed by atoms with Gasteiger partial charge in [0.05, 0.1) is 47.0 Å². The van der Waals surface area contributed by atoms with Gasteiger partial charge >= 0.3 is 0 Å². The Morgan fingerprint density at radius 3 is 2.64 bits per heavy atom. The number of imide groups is 1. The first kappa shape index (κ1) is 22.4. The average Bonchev–Trinajstić information content (AvgIpc) is 3.42. The number of nitrogen functional groups attached to an aromatic ring is 1. The first-order chi connectivity index (χ1) is 17.3. The molecule has 182 valence electrons.